The van der Waals surface area contributed by atoms with E-state index in [0.29, 0.717) is 6.54 Å². The Bertz CT molecular complexity index is 389. The van der Waals surface area contributed by atoms with Gasteiger partial charge in [-0.15, -0.1) is 0 Å². The molecule has 5 heteroatoms. The third kappa shape index (κ3) is 2.20. The highest BCUT2D eigenvalue weighted by atomic mass is 16.2. The molecule has 0 aromatic carbocycles. The summed E-state index contributed by atoms with van der Waals surface area (Å²) in [6, 6.07) is -0.0194. The zero-order valence-electron chi connectivity index (χ0n) is 10.4. The highest BCUT2D eigenvalue weighted by Crippen LogP contribution is 2.38. The molecule has 1 aliphatic carbocycles. The predicted octanol–water partition coefficient (Wildman–Crippen LogP) is 0.886. The average molecular weight is 236 g/mol. The van der Waals surface area contributed by atoms with Crippen LogP contribution in [0.4, 0.5) is 0 Å². The number of carbonyl (C=O) groups excluding carboxylic acids is 1. The molecule has 2 rings (SSSR count). The third-order valence-electron chi connectivity index (χ3n) is 3.81. The van der Waals surface area contributed by atoms with Crippen LogP contribution in [0.2, 0.25) is 0 Å². The molecule has 1 fully saturated rings. The molecule has 1 aromatic rings. The van der Waals surface area contributed by atoms with Crippen molar-refractivity contribution in [2.24, 2.45) is 11.1 Å². The number of nitrogens with one attached hydrogen (secondary N) is 1. The van der Waals surface area contributed by atoms with Gasteiger partial charge in [0.1, 0.15) is 5.82 Å². The van der Waals surface area contributed by atoms with Gasteiger partial charge in [-0.2, -0.15) is 0 Å². The molecule has 1 heterocycles. The van der Waals surface area contributed by atoms with Crippen molar-refractivity contribution in [1.29, 1.82) is 0 Å². The van der Waals surface area contributed by atoms with Gasteiger partial charge in [0.25, 0.3) is 0 Å². The molecule has 1 aliphatic rings. The molecule has 2 unspecified atom stereocenters. The summed E-state index contributed by atoms with van der Waals surface area (Å²) >= 11 is 0. The van der Waals surface area contributed by atoms with E-state index in [2.05, 4.69) is 9.97 Å². The summed E-state index contributed by atoms with van der Waals surface area (Å²) in [6.07, 6.45) is 6.32. The van der Waals surface area contributed by atoms with E-state index < -0.39 is 5.41 Å². The van der Waals surface area contributed by atoms with Crippen LogP contribution in [-0.2, 0) is 11.3 Å². The molecule has 0 spiro atoms. The largest absolute Gasteiger partial charge is 0.347 e. The van der Waals surface area contributed by atoms with E-state index in [0.717, 1.165) is 25.1 Å². The van der Waals surface area contributed by atoms with E-state index in [1.54, 1.807) is 24.3 Å². The van der Waals surface area contributed by atoms with Crippen molar-refractivity contribution in [3.8, 4) is 0 Å². The second kappa shape index (κ2) is 4.49. The van der Waals surface area contributed by atoms with Crippen molar-refractivity contribution >= 4 is 5.91 Å². The van der Waals surface area contributed by atoms with E-state index in [4.69, 9.17) is 5.73 Å². The van der Waals surface area contributed by atoms with Gasteiger partial charge in [-0.3, -0.25) is 4.79 Å². The fraction of sp³-hybridized carbons (Fsp3) is 0.667. The Labute approximate surface area is 101 Å². The maximum Gasteiger partial charge on any atom is 0.230 e. The molecule has 5 nitrogen and oxygen atoms in total. The fourth-order valence-electron chi connectivity index (χ4n) is 2.58. The number of nitrogens with two attached hydrogens (primary N) is 1. The number of hydrogen-bond donors (Lipinski definition) is 2. The fourth-order valence-corrected chi connectivity index (χ4v) is 2.58. The number of aromatic amines is 1. The van der Waals surface area contributed by atoms with Crippen LogP contribution in [0.15, 0.2) is 12.4 Å². The van der Waals surface area contributed by atoms with Crippen LogP contribution in [-0.4, -0.2) is 33.9 Å². The van der Waals surface area contributed by atoms with E-state index in [1.807, 2.05) is 6.92 Å². The first-order chi connectivity index (χ1) is 8.04. The maximum atomic E-state index is 12.4. The third-order valence-corrected chi connectivity index (χ3v) is 3.81. The molecule has 2 atom stereocenters. The summed E-state index contributed by atoms with van der Waals surface area (Å²) in [4.78, 5) is 21.2. The minimum absolute atomic E-state index is 0.0194. The van der Waals surface area contributed by atoms with Crippen molar-refractivity contribution in [2.75, 3.05) is 7.05 Å². The number of aromatic nitrogens is 2. The first-order valence-electron chi connectivity index (χ1n) is 6.03. The lowest BCUT2D eigenvalue weighted by Gasteiger charge is -2.32. The molecule has 0 aliphatic heterocycles. The standard InChI is InChI=1S/C12H20N4O/c1-12(5-3-4-9(12)13)11(17)16(2)8-10-14-6-7-15-10/h6-7,9H,3-5,8,13H2,1-2H3,(H,14,15). The minimum Gasteiger partial charge on any atom is -0.347 e. The summed E-state index contributed by atoms with van der Waals surface area (Å²) in [5.41, 5.74) is 5.65. The summed E-state index contributed by atoms with van der Waals surface area (Å²) in [6.45, 7) is 2.49. The van der Waals surface area contributed by atoms with Crippen LogP contribution in [0.3, 0.4) is 0 Å². The number of rotatable bonds is 3. The summed E-state index contributed by atoms with van der Waals surface area (Å²) in [7, 11) is 1.81. The van der Waals surface area contributed by atoms with Crippen LogP contribution >= 0.6 is 0 Å². The highest BCUT2D eigenvalue weighted by Gasteiger charge is 2.44. The Morgan fingerprint density at radius 3 is 3.06 bits per heavy atom. The molecular formula is C12H20N4O. The van der Waals surface area contributed by atoms with E-state index >= 15 is 0 Å². The lowest BCUT2D eigenvalue weighted by atomic mass is 9.83. The number of imidazole rings is 1. The van der Waals surface area contributed by atoms with Gasteiger partial charge in [0.2, 0.25) is 5.91 Å². The second-order valence-corrected chi connectivity index (χ2v) is 5.11. The Morgan fingerprint density at radius 2 is 2.53 bits per heavy atom. The van der Waals surface area contributed by atoms with Crippen molar-refractivity contribution in [3.63, 3.8) is 0 Å². The predicted molar refractivity (Wildman–Crippen MR) is 65.0 cm³/mol. The topological polar surface area (TPSA) is 75.0 Å². The molecule has 1 amide bonds. The van der Waals surface area contributed by atoms with Gasteiger partial charge in [0.15, 0.2) is 0 Å². The van der Waals surface area contributed by atoms with Crippen molar-refractivity contribution in [1.82, 2.24) is 14.9 Å². The monoisotopic (exact) mass is 236 g/mol. The quantitative estimate of drug-likeness (QED) is 0.818. The normalized spacial score (nSPS) is 28.3. The number of carbonyl (C=O) groups is 1. The van der Waals surface area contributed by atoms with Gasteiger partial charge in [-0.05, 0) is 19.8 Å². The van der Waals surface area contributed by atoms with Crippen LogP contribution in [0.25, 0.3) is 0 Å². The number of H-pyrrole nitrogens is 1. The Kier molecular flexibility index (Phi) is 3.19. The van der Waals surface area contributed by atoms with Gasteiger partial charge in [0, 0.05) is 25.5 Å². The van der Waals surface area contributed by atoms with Crippen LogP contribution < -0.4 is 5.73 Å². The van der Waals surface area contributed by atoms with Crippen LogP contribution in [0, 0.1) is 5.41 Å². The minimum atomic E-state index is -0.401. The van der Waals surface area contributed by atoms with Gasteiger partial charge in [0.05, 0.1) is 12.0 Å². The molecule has 0 saturated heterocycles. The smallest absolute Gasteiger partial charge is 0.230 e. The van der Waals surface area contributed by atoms with Crippen LogP contribution in [0.1, 0.15) is 32.0 Å². The first kappa shape index (κ1) is 12.1. The van der Waals surface area contributed by atoms with Gasteiger partial charge in [-0.1, -0.05) is 6.42 Å². The van der Waals surface area contributed by atoms with Gasteiger partial charge in [-0.25, -0.2) is 4.98 Å². The highest BCUT2D eigenvalue weighted by molar-refractivity contribution is 5.83. The molecule has 17 heavy (non-hydrogen) atoms. The summed E-state index contributed by atoms with van der Waals surface area (Å²) in [5.74, 6) is 0.926. The Morgan fingerprint density at radius 1 is 1.76 bits per heavy atom. The Hall–Kier alpha value is -1.36. The molecule has 1 saturated carbocycles. The molecule has 0 bridgehead atoms. The van der Waals surface area contributed by atoms with E-state index in [1.165, 1.54) is 0 Å². The SMILES string of the molecule is CN(Cc1ncc[nH]1)C(=O)C1(C)CCCC1N. The van der Waals surface area contributed by atoms with Crippen molar-refractivity contribution < 1.29 is 4.79 Å². The molecule has 0 radical (unpaired) electrons. The zero-order valence-corrected chi connectivity index (χ0v) is 10.4. The molecule has 94 valence electrons. The number of hydrogen-bond acceptors (Lipinski definition) is 3. The van der Waals surface area contributed by atoms with Gasteiger partial charge >= 0.3 is 0 Å². The lowest BCUT2D eigenvalue weighted by Crippen LogP contribution is -2.47. The van der Waals surface area contributed by atoms with Crippen molar-refractivity contribution in [3.05, 3.63) is 18.2 Å². The summed E-state index contributed by atoms with van der Waals surface area (Å²) < 4.78 is 0. The summed E-state index contributed by atoms with van der Waals surface area (Å²) in [5, 5.41) is 0. The average Bonchev–Trinajstić information content (AvgIpc) is 2.90. The lowest BCUT2D eigenvalue weighted by molar-refractivity contribution is -0.140. The zero-order chi connectivity index (χ0) is 12.5. The van der Waals surface area contributed by atoms with Crippen molar-refractivity contribution in [2.45, 2.75) is 38.8 Å². The molecule has 3 N–H and O–H groups in total. The molecule has 1 aromatic heterocycles. The first-order valence-corrected chi connectivity index (χ1v) is 6.03. The van der Waals surface area contributed by atoms with E-state index in [-0.39, 0.29) is 11.9 Å². The second-order valence-electron chi connectivity index (χ2n) is 5.11. The van der Waals surface area contributed by atoms with E-state index in [9.17, 15) is 4.79 Å². The number of amides is 1. The number of nitrogens with zero attached hydrogens (tertiary/aromatic N) is 2. The van der Waals surface area contributed by atoms with Gasteiger partial charge < -0.3 is 15.6 Å². The van der Waals surface area contributed by atoms with Crippen LogP contribution in [0.5, 0.6) is 0 Å². The maximum absolute atomic E-state index is 12.4. The molecular weight excluding hydrogens is 216 g/mol. The Balaban J connectivity index is 2.04.